The topological polar surface area (TPSA) is 95.1 Å². The van der Waals surface area contributed by atoms with E-state index in [1.165, 1.54) is 38.5 Å². The molecule has 5 aromatic carbocycles. The van der Waals surface area contributed by atoms with Crippen molar-refractivity contribution in [2.45, 2.75) is 64.2 Å². The molecule has 0 radical (unpaired) electrons. The van der Waals surface area contributed by atoms with Crippen LogP contribution in [0.2, 0.25) is 0 Å². The molecule has 0 bridgehead atoms. The van der Waals surface area contributed by atoms with E-state index in [1.54, 1.807) is 28.4 Å². The molecule has 302 valence electrons. The minimum atomic E-state index is -0.194. The van der Waals surface area contributed by atoms with Gasteiger partial charge in [-0.25, -0.2) is 0 Å². The molecule has 0 aliphatic heterocycles. The number of nitrogens with one attached hydrogen (secondary N) is 2. The summed E-state index contributed by atoms with van der Waals surface area (Å²) in [4.78, 5) is 30.8. The van der Waals surface area contributed by atoms with E-state index in [1.807, 2.05) is 97.1 Å². The summed E-state index contributed by atoms with van der Waals surface area (Å²) in [6, 6.07) is 31.1. The van der Waals surface area contributed by atoms with Gasteiger partial charge in [-0.3, -0.25) is 9.59 Å². The molecular weight excluding hydrogens is 725 g/mol. The Morgan fingerprint density at radius 3 is 0.879 bits per heavy atom. The van der Waals surface area contributed by atoms with Crippen LogP contribution in [-0.2, 0) is 0 Å². The zero-order valence-corrected chi connectivity index (χ0v) is 34.3. The predicted octanol–water partition coefficient (Wildman–Crippen LogP) is 11.0. The largest absolute Gasteiger partial charge is 0.497 e. The summed E-state index contributed by atoms with van der Waals surface area (Å²) < 4.78 is 22.4. The van der Waals surface area contributed by atoms with Crippen LogP contribution in [0.3, 0.4) is 0 Å². The molecule has 2 saturated carbocycles. The lowest BCUT2D eigenvalue weighted by molar-refractivity contribution is 0.0933. The van der Waals surface area contributed by atoms with Crippen molar-refractivity contribution in [3.05, 3.63) is 108 Å². The highest BCUT2D eigenvalue weighted by Crippen LogP contribution is 2.50. The van der Waals surface area contributed by atoms with E-state index < -0.39 is 0 Å². The number of rotatable bonds is 14. The molecule has 5 aromatic rings. The van der Waals surface area contributed by atoms with Crippen molar-refractivity contribution in [1.82, 2.24) is 10.6 Å². The molecule has 0 unspecified atom stereocenters. The van der Waals surface area contributed by atoms with E-state index in [4.69, 9.17) is 18.9 Å². The van der Waals surface area contributed by atoms with Gasteiger partial charge in [0.05, 0.1) is 39.6 Å². The van der Waals surface area contributed by atoms with Gasteiger partial charge < -0.3 is 29.6 Å². The Labute approximate surface area is 343 Å². The Morgan fingerprint density at radius 2 is 0.655 bits per heavy atom. The van der Waals surface area contributed by atoms with Gasteiger partial charge in [0.25, 0.3) is 11.8 Å². The second kappa shape index (κ2) is 19.1. The number of ether oxygens (including phenoxy) is 4. The number of benzene rings is 5. The van der Waals surface area contributed by atoms with Gasteiger partial charge in [0.2, 0.25) is 0 Å². The summed E-state index contributed by atoms with van der Waals surface area (Å²) in [6.45, 7) is 1.14. The Bertz CT molecular complexity index is 1870. The number of carbonyl (C=O) groups excluding carboxylic acids is 2. The van der Waals surface area contributed by atoms with Gasteiger partial charge in [-0.1, -0.05) is 87.1 Å². The van der Waals surface area contributed by atoms with Crippen molar-refractivity contribution in [2.24, 2.45) is 11.8 Å². The number of hydrogen-bond acceptors (Lipinski definition) is 6. The van der Waals surface area contributed by atoms with Crippen LogP contribution in [0.4, 0.5) is 0 Å². The summed E-state index contributed by atoms with van der Waals surface area (Å²) in [5.41, 5.74) is 6.79. The average molecular weight is 781 g/mol. The smallest absolute Gasteiger partial charge is 0.252 e. The molecule has 0 heterocycles. The Kier molecular flexibility index (Phi) is 13.3. The molecule has 7 rings (SSSR count). The van der Waals surface area contributed by atoms with Crippen LogP contribution < -0.4 is 29.6 Å². The van der Waals surface area contributed by atoms with Crippen molar-refractivity contribution in [3.63, 3.8) is 0 Å². The molecule has 0 saturated heterocycles. The lowest BCUT2D eigenvalue weighted by Crippen LogP contribution is -2.33. The third kappa shape index (κ3) is 9.02. The first-order chi connectivity index (χ1) is 28.4. The maximum atomic E-state index is 15.4. The first-order valence-corrected chi connectivity index (χ1v) is 20.8. The van der Waals surface area contributed by atoms with E-state index in [-0.39, 0.29) is 11.8 Å². The van der Waals surface area contributed by atoms with Gasteiger partial charge in [0.1, 0.15) is 23.0 Å². The number of carbonyl (C=O) groups is 2. The molecule has 0 atom stereocenters. The molecule has 2 aliphatic carbocycles. The minimum Gasteiger partial charge on any atom is -0.497 e. The molecule has 8 nitrogen and oxygen atoms in total. The van der Waals surface area contributed by atoms with E-state index in [2.05, 4.69) is 10.6 Å². The second-order valence-corrected chi connectivity index (χ2v) is 15.6. The molecule has 0 aromatic heterocycles. The zero-order valence-electron chi connectivity index (χ0n) is 34.3. The summed E-state index contributed by atoms with van der Waals surface area (Å²) >= 11 is 0. The van der Waals surface area contributed by atoms with Crippen LogP contribution in [0, 0.1) is 11.8 Å². The molecule has 0 spiro atoms. The van der Waals surface area contributed by atoms with Gasteiger partial charge in [0.15, 0.2) is 0 Å². The Balaban J connectivity index is 1.60. The Morgan fingerprint density at radius 1 is 0.414 bits per heavy atom. The van der Waals surface area contributed by atoms with Crippen LogP contribution in [0.5, 0.6) is 23.0 Å². The quantitative estimate of drug-likeness (QED) is 0.117. The maximum Gasteiger partial charge on any atom is 0.252 e. The Hall–Kier alpha value is -5.76. The fourth-order valence-electron chi connectivity index (χ4n) is 8.82. The summed E-state index contributed by atoms with van der Waals surface area (Å²) in [7, 11) is 6.56. The highest BCUT2D eigenvalue weighted by atomic mass is 16.5. The number of hydrogen-bond donors (Lipinski definition) is 2. The van der Waals surface area contributed by atoms with Gasteiger partial charge in [-0.2, -0.15) is 0 Å². The SMILES string of the molecule is COc1ccc(-c2c(C(=O)NCC3CCCCC3)c(-c3ccc(OC)cc3)c(-c3ccc(OC)cc3)c(C(=O)NCC3CCCCC3)c2-c2ccc(OC)cc2)cc1. The van der Waals surface area contributed by atoms with Crippen molar-refractivity contribution in [2.75, 3.05) is 41.5 Å². The predicted molar refractivity (Wildman–Crippen MR) is 232 cm³/mol. The highest BCUT2D eigenvalue weighted by molar-refractivity contribution is 6.21. The standard InChI is InChI=1S/C50H56N2O6/c1-55-39-23-15-35(16-24-39)43-44(36-17-25-40(56-2)26-18-36)48(50(54)52-32-34-13-9-6-10-14-34)46(38-21-29-42(58-4)30-22-38)45(37-19-27-41(57-3)28-20-37)47(43)49(53)51-31-33-11-7-5-8-12-33/h15-30,33-34H,5-14,31-32H2,1-4H3,(H,51,53)(H,52,54). The van der Waals surface area contributed by atoms with E-state index in [0.29, 0.717) is 81.3 Å². The molecule has 2 fully saturated rings. The monoisotopic (exact) mass is 780 g/mol. The van der Waals surface area contributed by atoms with Crippen LogP contribution in [0.1, 0.15) is 84.9 Å². The fourth-order valence-corrected chi connectivity index (χ4v) is 8.82. The van der Waals surface area contributed by atoms with E-state index >= 15 is 9.59 Å². The van der Waals surface area contributed by atoms with Crippen molar-refractivity contribution in [1.29, 1.82) is 0 Å². The minimum absolute atomic E-state index is 0.194. The number of amides is 2. The van der Waals surface area contributed by atoms with Gasteiger partial charge in [-0.15, -0.1) is 0 Å². The summed E-state index contributed by atoms with van der Waals surface area (Å²) in [6.07, 6.45) is 11.5. The van der Waals surface area contributed by atoms with Crippen molar-refractivity contribution < 1.29 is 28.5 Å². The van der Waals surface area contributed by atoms with Crippen molar-refractivity contribution >= 4 is 11.8 Å². The second-order valence-electron chi connectivity index (χ2n) is 15.6. The van der Waals surface area contributed by atoms with Gasteiger partial charge in [-0.05, 0) is 108 Å². The van der Waals surface area contributed by atoms with E-state index in [0.717, 1.165) is 47.9 Å². The summed E-state index contributed by atoms with van der Waals surface area (Å²) in [5, 5.41) is 6.83. The van der Waals surface area contributed by atoms with Crippen molar-refractivity contribution in [3.8, 4) is 67.5 Å². The molecule has 58 heavy (non-hydrogen) atoms. The van der Waals surface area contributed by atoms with E-state index in [9.17, 15) is 0 Å². The molecule has 8 heteroatoms. The molecule has 2 aliphatic rings. The van der Waals surface area contributed by atoms with Gasteiger partial charge >= 0.3 is 0 Å². The summed E-state index contributed by atoms with van der Waals surface area (Å²) in [5.74, 6) is 3.17. The first kappa shape index (κ1) is 40.4. The average Bonchev–Trinajstić information content (AvgIpc) is 3.30. The van der Waals surface area contributed by atoms with Crippen LogP contribution >= 0.6 is 0 Å². The van der Waals surface area contributed by atoms with Gasteiger partial charge in [0, 0.05) is 35.3 Å². The fraction of sp³-hybridized carbons (Fsp3) is 0.360. The lowest BCUT2D eigenvalue weighted by Gasteiger charge is -2.29. The normalized spacial score (nSPS) is 14.7. The first-order valence-electron chi connectivity index (χ1n) is 20.8. The maximum absolute atomic E-state index is 15.4. The van der Waals surface area contributed by atoms with Crippen LogP contribution in [0.15, 0.2) is 97.1 Å². The molecule has 2 amide bonds. The zero-order chi connectivity index (χ0) is 40.4. The lowest BCUT2D eigenvalue weighted by atomic mass is 9.76. The third-order valence-corrected chi connectivity index (χ3v) is 12.0. The number of methoxy groups -OCH3 is 4. The third-order valence-electron chi connectivity index (χ3n) is 12.0. The van der Waals surface area contributed by atoms with Crippen LogP contribution in [0.25, 0.3) is 44.5 Å². The molecular formula is C50H56N2O6. The van der Waals surface area contributed by atoms with Crippen LogP contribution in [-0.4, -0.2) is 53.3 Å². The highest BCUT2D eigenvalue weighted by Gasteiger charge is 2.34. The molecule has 2 N–H and O–H groups in total.